The highest BCUT2D eigenvalue weighted by molar-refractivity contribution is 6.34. The van der Waals surface area contributed by atoms with Gasteiger partial charge in [0.25, 0.3) is 5.91 Å². The van der Waals surface area contributed by atoms with Crippen molar-refractivity contribution < 1.29 is 14.7 Å². The molecule has 0 spiro atoms. The second-order valence-electron chi connectivity index (χ2n) is 4.27. The largest absolute Gasteiger partial charge is 0.480 e. The Labute approximate surface area is 110 Å². The Kier molecular flexibility index (Phi) is 4.55. The molecule has 0 aliphatic rings. The van der Waals surface area contributed by atoms with Gasteiger partial charge < -0.3 is 16.2 Å². The van der Waals surface area contributed by atoms with Crippen molar-refractivity contribution in [2.24, 2.45) is 5.92 Å². The van der Waals surface area contributed by atoms with Crippen LogP contribution in [-0.2, 0) is 4.79 Å². The Bertz CT molecular complexity index is 474. The van der Waals surface area contributed by atoms with Crippen molar-refractivity contribution in [3.05, 3.63) is 28.8 Å². The summed E-state index contributed by atoms with van der Waals surface area (Å²) in [5, 5.41) is 11.6. The number of benzene rings is 1. The fraction of sp³-hybridized carbons (Fsp3) is 0.333. The maximum Gasteiger partial charge on any atom is 0.326 e. The Morgan fingerprint density at radius 3 is 2.44 bits per heavy atom. The molecule has 6 heteroatoms. The van der Waals surface area contributed by atoms with Crippen LogP contribution in [-0.4, -0.2) is 23.0 Å². The highest BCUT2D eigenvalue weighted by Gasteiger charge is 2.24. The molecule has 1 aromatic rings. The average molecular weight is 271 g/mol. The zero-order valence-corrected chi connectivity index (χ0v) is 10.9. The van der Waals surface area contributed by atoms with E-state index < -0.39 is 17.9 Å². The van der Waals surface area contributed by atoms with E-state index in [1.807, 2.05) is 0 Å². The van der Waals surface area contributed by atoms with Gasteiger partial charge in [0, 0.05) is 5.69 Å². The zero-order chi connectivity index (χ0) is 13.9. The molecule has 0 fully saturated rings. The molecule has 0 radical (unpaired) electrons. The summed E-state index contributed by atoms with van der Waals surface area (Å²) in [7, 11) is 0. The summed E-state index contributed by atoms with van der Waals surface area (Å²) in [4.78, 5) is 22.9. The number of carboxylic acids is 1. The number of aliphatic carboxylic acids is 1. The van der Waals surface area contributed by atoms with Gasteiger partial charge in [-0.25, -0.2) is 4.79 Å². The van der Waals surface area contributed by atoms with Gasteiger partial charge in [-0.2, -0.15) is 0 Å². The SMILES string of the molecule is CC(C)[C@@H](NC(=O)c1ccc(N)cc1Cl)C(=O)O. The van der Waals surface area contributed by atoms with Crippen LogP contribution in [0.5, 0.6) is 0 Å². The van der Waals surface area contributed by atoms with Crippen LogP contribution in [0.3, 0.4) is 0 Å². The standard InChI is InChI=1S/C12H15ClN2O3/c1-6(2)10(12(17)18)15-11(16)8-4-3-7(14)5-9(8)13/h3-6,10H,14H2,1-2H3,(H,15,16)(H,17,18)/t10-/m1/s1. The molecule has 0 saturated heterocycles. The molecule has 5 nitrogen and oxygen atoms in total. The summed E-state index contributed by atoms with van der Waals surface area (Å²) in [6.07, 6.45) is 0. The van der Waals surface area contributed by atoms with Gasteiger partial charge in [-0.3, -0.25) is 4.79 Å². The first-order valence-corrected chi connectivity index (χ1v) is 5.79. The van der Waals surface area contributed by atoms with Gasteiger partial charge >= 0.3 is 5.97 Å². The van der Waals surface area contributed by atoms with Gasteiger partial charge in [-0.1, -0.05) is 25.4 Å². The second kappa shape index (κ2) is 5.73. The number of carboxylic acid groups (broad SMARTS) is 1. The van der Waals surface area contributed by atoms with Gasteiger partial charge in [0.1, 0.15) is 6.04 Å². The lowest BCUT2D eigenvalue weighted by atomic mass is 10.0. The summed E-state index contributed by atoms with van der Waals surface area (Å²) in [6.45, 7) is 3.42. The minimum Gasteiger partial charge on any atom is -0.480 e. The van der Waals surface area contributed by atoms with Gasteiger partial charge in [0.05, 0.1) is 10.6 Å². The molecule has 18 heavy (non-hydrogen) atoms. The highest BCUT2D eigenvalue weighted by atomic mass is 35.5. The molecule has 0 aliphatic heterocycles. The molecule has 0 unspecified atom stereocenters. The minimum absolute atomic E-state index is 0.195. The number of nitrogens with two attached hydrogens (primary N) is 1. The van der Waals surface area contributed by atoms with Gasteiger partial charge in [0.2, 0.25) is 0 Å². The monoisotopic (exact) mass is 270 g/mol. The van der Waals surface area contributed by atoms with E-state index in [1.54, 1.807) is 13.8 Å². The second-order valence-corrected chi connectivity index (χ2v) is 4.68. The Balaban J connectivity index is 2.91. The predicted octanol–water partition coefficient (Wildman–Crippen LogP) is 1.76. The van der Waals surface area contributed by atoms with Crippen molar-refractivity contribution in [2.45, 2.75) is 19.9 Å². The first-order chi connectivity index (χ1) is 8.32. The number of carbonyl (C=O) groups is 2. The maximum absolute atomic E-state index is 11.9. The van der Waals surface area contributed by atoms with E-state index in [0.29, 0.717) is 5.69 Å². The number of nitrogens with one attached hydrogen (secondary N) is 1. The maximum atomic E-state index is 11.9. The van der Waals surface area contributed by atoms with E-state index in [2.05, 4.69) is 5.32 Å². The number of rotatable bonds is 4. The van der Waals surface area contributed by atoms with E-state index in [4.69, 9.17) is 22.4 Å². The molecule has 1 amide bonds. The van der Waals surface area contributed by atoms with Crippen LogP contribution >= 0.6 is 11.6 Å². The fourth-order valence-corrected chi connectivity index (χ4v) is 1.72. The van der Waals surface area contributed by atoms with Crippen molar-refractivity contribution in [2.75, 3.05) is 5.73 Å². The topological polar surface area (TPSA) is 92.4 Å². The number of halogens is 1. The minimum atomic E-state index is -1.08. The van der Waals surface area contributed by atoms with Crippen LogP contribution in [0.15, 0.2) is 18.2 Å². The smallest absolute Gasteiger partial charge is 0.326 e. The third-order valence-corrected chi connectivity index (χ3v) is 2.77. The lowest BCUT2D eigenvalue weighted by Crippen LogP contribution is -2.44. The van der Waals surface area contributed by atoms with Gasteiger partial charge in [-0.05, 0) is 24.1 Å². The van der Waals surface area contributed by atoms with Crippen molar-refractivity contribution in [1.82, 2.24) is 5.32 Å². The molecule has 0 aliphatic carbocycles. The van der Waals surface area contributed by atoms with Crippen LogP contribution in [0.4, 0.5) is 5.69 Å². The van der Waals surface area contributed by atoms with Crippen LogP contribution in [0, 0.1) is 5.92 Å². The van der Waals surface area contributed by atoms with Crippen molar-refractivity contribution in [3.63, 3.8) is 0 Å². The molecule has 1 aromatic carbocycles. The first kappa shape index (κ1) is 14.3. The van der Waals surface area contributed by atoms with Crippen LogP contribution in [0.25, 0.3) is 0 Å². The van der Waals surface area contributed by atoms with E-state index in [0.717, 1.165) is 0 Å². The summed E-state index contributed by atoms with van der Waals surface area (Å²) in [6, 6.07) is 3.49. The number of hydrogen-bond acceptors (Lipinski definition) is 3. The molecule has 1 atom stereocenters. The molecule has 4 N–H and O–H groups in total. The first-order valence-electron chi connectivity index (χ1n) is 5.41. The normalized spacial score (nSPS) is 12.2. The third-order valence-electron chi connectivity index (χ3n) is 2.46. The van der Waals surface area contributed by atoms with Gasteiger partial charge in [0.15, 0.2) is 0 Å². The van der Waals surface area contributed by atoms with E-state index >= 15 is 0 Å². The molecule has 0 bridgehead atoms. The molecular formula is C12H15ClN2O3. The molecular weight excluding hydrogens is 256 g/mol. The van der Waals surface area contributed by atoms with Crippen LogP contribution < -0.4 is 11.1 Å². The number of hydrogen-bond donors (Lipinski definition) is 3. The molecule has 98 valence electrons. The quantitative estimate of drug-likeness (QED) is 0.727. The Morgan fingerprint density at radius 2 is 2.00 bits per heavy atom. The number of anilines is 1. The number of amides is 1. The summed E-state index contributed by atoms with van der Waals surface area (Å²) in [5.74, 6) is -1.83. The van der Waals surface area contributed by atoms with Crippen molar-refractivity contribution >= 4 is 29.2 Å². The van der Waals surface area contributed by atoms with Crippen LogP contribution in [0.2, 0.25) is 5.02 Å². The van der Waals surface area contributed by atoms with Gasteiger partial charge in [-0.15, -0.1) is 0 Å². The Hall–Kier alpha value is -1.75. The predicted molar refractivity (Wildman–Crippen MR) is 69.6 cm³/mol. The average Bonchev–Trinajstić information content (AvgIpc) is 2.24. The molecule has 1 rings (SSSR count). The van der Waals surface area contributed by atoms with E-state index in [1.165, 1.54) is 18.2 Å². The molecule has 0 heterocycles. The van der Waals surface area contributed by atoms with Crippen molar-refractivity contribution in [3.8, 4) is 0 Å². The summed E-state index contributed by atoms with van der Waals surface area (Å²) >= 11 is 5.88. The lowest BCUT2D eigenvalue weighted by molar-refractivity contribution is -0.140. The molecule has 0 saturated carbocycles. The fourth-order valence-electron chi connectivity index (χ4n) is 1.45. The summed E-state index contributed by atoms with van der Waals surface area (Å²) in [5.41, 5.74) is 6.16. The highest BCUT2D eigenvalue weighted by Crippen LogP contribution is 2.19. The van der Waals surface area contributed by atoms with E-state index in [9.17, 15) is 9.59 Å². The summed E-state index contributed by atoms with van der Waals surface area (Å²) < 4.78 is 0. The Morgan fingerprint density at radius 1 is 1.39 bits per heavy atom. The lowest BCUT2D eigenvalue weighted by Gasteiger charge is -2.18. The van der Waals surface area contributed by atoms with E-state index in [-0.39, 0.29) is 16.5 Å². The van der Waals surface area contributed by atoms with Crippen LogP contribution in [0.1, 0.15) is 24.2 Å². The number of carbonyl (C=O) groups excluding carboxylic acids is 1. The molecule has 0 aromatic heterocycles. The third kappa shape index (κ3) is 3.37. The van der Waals surface area contributed by atoms with Crippen molar-refractivity contribution in [1.29, 1.82) is 0 Å². The number of nitrogen functional groups attached to an aromatic ring is 1. The zero-order valence-electron chi connectivity index (χ0n) is 10.1.